The molecule has 0 unspecified atom stereocenters. The van der Waals surface area contributed by atoms with Gasteiger partial charge in [-0.2, -0.15) is 0 Å². The molecule has 6 rings (SSSR count). The summed E-state index contributed by atoms with van der Waals surface area (Å²) in [5, 5.41) is 4.55. The van der Waals surface area contributed by atoms with E-state index in [1.807, 2.05) is 31.2 Å². The van der Waals surface area contributed by atoms with Crippen molar-refractivity contribution in [2.75, 3.05) is 16.8 Å². The number of aryl methyl sites for hydroxylation is 1. The number of thiophene rings is 1. The Morgan fingerprint density at radius 1 is 1.03 bits per heavy atom. The maximum atomic E-state index is 13.1. The van der Waals surface area contributed by atoms with E-state index in [9.17, 15) is 4.79 Å². The summed E-state index contributed by atoms with van der Waals surface area (Å²) in [6.45, 7) is 3.69. The van der Waals surface area contributed by atoms with Crippen LogP contribution < -0.4 is 10.2 Å². The second-order valence-corrected chi connectivity index (χ2v) is 9.84. The van der Waals surface area contributed by atoms with Crippen molar-refractivity contribution in [1.29, 1.82) is 0 Å². The van der Waals surface area contributed by atoms with Crippen molar-refractivity contribution in [3.05, 3.63) is 76.4 Å². The molecule has 3 aromatic heterocycles. The van der Waals surface area contributed by atoms with E-state index in [-0.39, 0.29) is 5.91 Å². The van der Waals surface area contributed by atoms with Gasteiger partial charge < -0.3 is 4.90 Å². The molecule has 4 heterocycles. The predicted octanol–water partition coefficient (Wildman–Crippen LogP) is 5.42. The highest BCUT2D eigenvalue weighted by molar-refractivity contribution is 7.23. The zero-order chi connectivity index (χ0) is 21.7. The first kappa shape index (κ1) is 19.3. The first-order valence-electron chi connectivity index (χ1n) is 10.4. The number of carbonyl (C=O) groups excluding carboxylic acids is 1. The lowest BCUT2D eigenvalue weighted by atomic mass is 9.99. The Labute approximate surface area is 192 Å². The van der Waals surface area contributed by atoms with E-state index in [1.54, 1.807) is 6.33 Å². The van der Waals surface area contributed by atoms with Crippen LogP contribution in [-0.2, 0) is 13.0 Å². The molecule has 5 aromatic rings. The molecule has 6 nitrogen and oxygen atoms in total. The quantitative estimate of drug-likeness (QED) is 0.391. The van der Waals surface area contributed by atoms with Crippen LogP contribution in [-0.4, -0.2) is 27.4 Å². The number of aromatic nitrogens is 3. The summed E-state index contributed by atoms with van der Waals surface area (Å²) in [6, 6.07) is 16.4. The minimum absolute atomic E-state index is 0.153. The number of nitrogens with zero attached hydrogens (tertiary/aromatic N) is 4. The van der Waals surface area contributed by atoms with Gasteiger partial charge in [0, 0.05) is 13.1 Å². The van der Waals surface area contributed by atoms with Gasteiger partial charge in [-0.25, -0.2) is 15.0 Å². The molecular formula is C24H19N5OS2. The molecule has 1 aliphatic rings. The first-order chi connectivity index (χ1) is 15.7. The smallest absolute Gasteiger partial charge is 0.267 e. The third kappa shape index (κ3) is 3.23. The Bertz CT molecular complexity index is 1460. The zero-order valence-corrected chi connectivity index (χ0v) is 19.0. The lowest BCUT2D eigenvalue weighted by Gasteiger charge is -2.30. The molecule has 0 bridgehead atoms. The fraction of sp³-hybridized carbons (Fsp3) is 0.167. The second-order valence-electron chi connectivity index (χ2n) is 7.81. The number of benzene rings is 2. The summed E-state index contributed by atoms with van der Waals surface area (Å²) in [6.07, 6.45) is 2.58. The Morgan fingerprint density at radius 3 is 2.72 bits per heavy atom. The Hall–Kier alpha value is -3.36. The highest BCUT2D eigenvalue weighted by atomic mass is 32.1. The Balaban J connectivity index is 1.34. The van der Waals surface area contributed by atoms with Crippen LogP contribution in [0.4, 0.5) is 10.9 Å². The van der Waals surface area contributed by atoms with Gasteiger partial charge in [-0.05, 0) is 42.2 Å². The molecule has 1 N–H and O–H groups in total. The van der Waals surface area contributed by atoms with Gasteiger partial charge in [0.1, 0.15) is 17.0 Å². The largest absolute Gasteiger partial charge is 0.351 e. The monoisotopic (exact) mass is 457 g/mol. The number of anilines is 2. The molecule has 8 heteroatoms. The highest BCUT2D eigenvalue weighted by Crippen LogP contribution is 2.37. The molecule has 158 valence electrons. The Morgan fingerprint density at radius 2 is 1.84 bits per heavy atom. The van der Waals surface area contributed by atoms with Gasteiger partial charge in [0.05, 0.1) is 20.5 Å². The van der Waals surface area contributed by atoms with E-state index >= 15 is 0 Å². The number of hydrogen-bond acceptors (Lipinski definition) is 7. The van der Waals surface area contributed by atoms with Crippen LogP contribution in [0.1, 0.15) is 26.4 Å². The molecule has 0 saturated carbocycles. The number of carbonyl (C=O) groups is 1. The van der Waals surface area contributed by atoms with Crippen LogP contribution in [0.25, 0.3) is 20.4 Å². The van der Waals surface area contributed by atoms with Crippen molar-refractivity contribution in [3.63, 3.8) is 0 Å². The van der Waals surface area contributed by atoms with Crippen LogP contribution in [0.3, 0.4) is 0 Å². The number of para-hydroxylation sites is 1. The molecule has 32 heavy (non-hydrogen) atoms. The number of nitrogens with one attached hydrogen (secondary N) is 1. The third-order valence-corrected chi connectivity index (χ3v) is 8.01. The van der Waals surface area contributed by atoms with Crippen molar-refractivity contribution in [3.8, 4) is 0 Å². The minimum Gasteiger partial charge on any atom is -0.351 e. The van der Waals surface area contributed by atoms with Gasteiger partial charge in [0.2, 0.25) is 0 Å². The fourth-order valence-electron chi connectivity index (χ4n) is 4.27. The number of hydrogen-bond donors (Lipinski definition) is 1. The molecule has 0 aliphatic carbocycles. The SMILES string of the molecule is Cc1c(C(=O)Nc2nc3ccccc3s2)sc2ncnc(N3CCc4ccccc4C3)c12. The predicted molar refractivity (Wildman–Crippen MR) is 131 cm³/mol. The molecule has 0 fully saturated rings. The number of amides is 1. The Kier molecular flexibility index (Phi) is 4.62. The summed E-state index contributed by atoms with van der Waals surface area (Å²) >= 11 is 2.89. The van der Waals surface area contributed by atoms with E-state index in [0.717, 1.165) is 51.3 Å². The van der Waals surface area contributed by atoms with Crippen LogP contribution in [0.5, 0.6) is 0 Å². The second kappa shape index (κ2) is 7.65. The maximum absolute atomic E-state index is 13.1. The number of fused-ring (bicyclic) bond motifs is 3. The van der Waals surface area contributed by atoms with Crippen LogP contribution >= 0.6 is 22.7 Å². The molecule has 0 radical (unpaired) electrons. The normalized spacial score (nSPS) is 13.5. The summed E-state index contributed by atoms with van der Waals surface area (Å²) in [4.78, 5) is 30.5. The van der Waals surface area contributed by atoms with Crippen molar-refractivity contribution in [1.82, 2.24) is 15.0 Å². The zero-order valence-electron chi connectivity index (χ0n) is 17.3. The lowest BCUT2D eigenvalue weighted by molar-refractivity contribution is 0.103. The molecule has 2 aromatic carbocycles. The first-order valence-corrected chi connectivity index (χ1v) is 12.0. The van der Waals surface area contributed by atoms with E-state index in [1.165, 1.54) is 33.8 Å². The third-order valence-electron chi connectivity index (χ3n) is 5.86. The molecule has 1 aliphatic heterocycles. The molecule has 0 spiro atoms. The topological polar surface area (TPSA) is 71.0 Å². The lowest BCUT2D eigenvalue weighted by Crippen LogP contribution is -2.31. The van der Waals surface area contributed by atoms with Gasteiger partial charge in [-0.3, -0.25) is 10.1 Å². The standard InChI is InChI=1S/C24H19N5OS2/c1-14-19-21(29-11-10-15-6-2-3-7-16(15)12-29)25-13-26-23(19)32-20(14)22(30)28-24-27-17-8-4-5-9-18(17)31-24/h2-9,13H,10-12H2,1H3,(H,27,28,30). The van der Waals surface area contributed by atoms with E-state index in [4.69, 9.17) is 0 Å². The summed E-state index contributed by atoms with van der Waals surface area (Å²) in [5.74, 6) is 0.747. The van der Waals surface area contributed by atoms with E-state index in [0.29, 0.717) is 10.0 Å². The fourth-order valence-corrected chi connectivity index (χ4v) is 6.16. The molecule has 0 atom stereocenters. The molecule has 0 saturated heterocycles. The van der Waals surface area contributed by atoms with Crippen molar-refractivity contribution in [2.45, 2.75) is 19.9 Å². The van der Waals surface area contributed by atoms with E-state index < -0.39 is 0 Å². The highest BCUT2D eigenvalue weighted by Gasteiger charge is 2.24. The average Bonchev–Trinajstić information content (AvgIpc) is 3.39. The van der Waals surface area contributed by atoms with Gasteiger partial charge in [-0.15, -0.1) is 11.3 Å². The van der Waals surface area contributed by atoms with Gasteiger partial charge in [0.15, 0.2) is 5.13 Å². The van der Waals surface area contributed by atoms with Crippen molar-refractivity contribution in [2.24, 2.45) is 0 Å². The van der Waals surface area contributed by atoms with E-state index in [2.05, 4.69) is 49.4 Å². The van der Waals surface area contributed by atoms with Gasteiger partial charge in [-0.1, -0.05) is 47.7 Å². The summed E-state index contributed by atoms with van der Waals surface area (Å²) in [5.41, 5.74) is 4.52. The van der Waals surface area contributed by atoms with Crippen LogP contribution in [0.15, 0.2) is 54.9 Å². The van der Waals surface area contributed by atoms with Gasteiger partial charge >= 0.3 is 0 Å². The molecular weight excluding hydrogens is 438 g/mol. The van der Waals surface area contributed by atoms with Gasteiger partial charge in [0.25, 0.3) is 5.91 Å². The number of thiazole rings is 1. The van der Waals surface area contributed by atoms with Crippen LogP contribution in [0, 0.1) is 6.92 Å². The minimum atomic E-state index is -0.153. The van der Waals surface area contributed by atoms with Crippen molar-refractivity contribution < 1.29 is 4.79 Å². The van der Waals surface area contributed by atoms with Crippen molar-refractivity contribution >= 4 is 60.0 Å². The summed E-state index contributed by atoms with van der Waals surface area (Å²) < 4.78 is 1.05. The summed E-state index contributed by atoms with van der Waals surface area (Å²) in [7, 11) is 0. The number of rotatable bonds is 3. The average molecular weight is 458 g/mol. The maximum Gasteiger partial charge on any atom is 0.267 e. The molecule has 1 amide bonds. The van der Waals surface area contributed by atoms with Crippen LogP contribution in [0.2, 0.25) is 0 Å².